The Kier molecular flexibility index (Phi) is 5.55. The van der Waals surface area contributed by atoms with E-state index in [9.17, 15) is 10.1 Å². The molecule has 1 aromatic heterocycles. The largest absolute Gasteiger partial charge is 0.293 e. The van der Waals surface area contributed by atoms with Crippen molar-refractivity contribution in [3.63, 3.8) is 0 Å². The fourth-order valence-corrected chi connectivity index (χ4v) is 3.92. The molecule has 2 aromatic rings. The molecule has 0 amide bonds. The molecule has 1 heterocycles. The topological polar surface area (TPSA) is 53.8 Å². The van der Waals surface area contributed by atoms with Crippen LogP contribution >= 0.6 is 23.4 Å². The maximum Gasteiger partial charge on any atom is 0.173 e. The highest BCUT2D eigenvalue weighted by Crippen LogP contribution is 2.27. The molecule has 122 valence electrons. The van der Waals surface area contributed by atoms with Gasteiger partial charge in [-0.3, -0.25) is 4.79 Å². The fraction of sp³-hybridized carbons (Fsp3) is 0.316. The van der Waals surface area contributed by atoms with Gasteiger partial charge in [0.15, 0.2) is 5.78 Å². The first-order chi connectivity index (χ1) is 11.7. The minimum atomic E-state index is -0.0110. The molecule has 0 unspecified atom stereocenters. The van der Waals surface area contributed by atoms with Gasteiger partial charge in [0, 0.05) is 16.3 Å². The van der Waals surface area contributed by atoms with E-state index in [1.807, 2.05) is 6.07 Å². The van der Waals surface area contributed by atoms with Crippen molar-refractivity contribution >= 4 is 29.1 Å². The van der Waals surface area contributed by atoms with Crippen LogP contribution in [0.25, 0.3) is 0 Å². The molecule has 5 heteroatoms. The van der Waals surface area contributed by atoms with Crippen LogP contribution in [0.5, 0.6) is 0 Å². The summed E-state index contributed by atoms with van der Waals surface area (Å²) in [5, 5.41) is 10.6. The minimum Gasteiger partial charge on any atom is -0.293 e. The van der Waals surface area contributed by atoms with Crippen molar-refractivity contribution in [3.8, 4) is 6.07 Å². The van der Waals surface area contributed by atoms with Crippen LogP contribution in [0.15, 0.2) is 35.4 Å². The minimum absolute atomic E-state index is 0.0110. The number of aryl methyl sites for hydroxylation is 2. The Hall–Kier alpha value is -1.83. The molecule has 1 aromatic carbocycles. The van der Waals surface area contributed by atoms with Crippen LogP contribution in [0.1, 0.15) is 46.4 Å². The van der Waals surface area contributed by atoms with E-state index in [2.05, 4.69) is 11.1 Å². The first-order valence-electron chi connectivity index (χ1n) is 8.02. The van der Waals surface area contributed by atoms with Gasteiger partial charge in [0.25, 0.3) is 0 Å². The third-order valence-electron chi connectivity index (χ3n) is 4.12. The second kappa shape index (κ2) is 7.83. The van der Waals surface area contributed by atoms with Crippen LogP contribution in [-0.2, 0) is 12.8 Å². The molecule has 0 N–H and O–H groups in total. The van der Waals surface area contributed by atoms with Gasteiger partial charge >= 0.3 is 0 Å². The van der Waals surface area contributed by atoms with Crippen molar-refractivity contribution in [1.82, 2.24) is 4.98 Å². The van der Waals surface area contributed by atoms with E-state index in [1.54, 1.807) is 24.3 Å². The van der Waals surface area contributed by atoms with Crippen molar-refractivity contribution in [2.24, 2.45) is 0 Å². The van der Waals surface area contributed by atoms with E-state index in [-0.39, 0.29) is 11.5 Å². The Morgan fingerprint density at radius 3 is 2.88 bits per heavy atom. The molecule has 0 radical (unpaired) electrons. The summed E-state index contributed by atoms with van der Waals surface area (Å²) in [6.45, 7) is 0. The number of pyridine rings is 1. The second-order valence-corrected chi connectivity index (χ2v) is 7.24. The summed E-state index contributed by atoms with van der Waals surface area (Å²) >= 11 is 7.27. The maximum atomic E-state index is 12.3. The van der Waals surface area contributed by atoms with E-state index in [1.165, 1.54) is 23.7 Å². The van der Waals surface area contributed by atoms with Gasteiger partial charge in [0.1, 0.15) is 11.1 Å². The average molecular weight is 357 g/mol. The van der Waals surface area contributed by atoms with Crippen molar-refractivity contribution in [3.05, 3.63) is 57.7 Å². The van der Waals surface area contributed by atoms with Crippen LogP contribution in [0.2, 0.25) is 5.02 Å². The lowest BCUT2D eigenvalue weighted by Gasteiger charge is -2.09. The van der Waals surface area contributed by atoms with Gasteiger partial charge in [-0.15, -0.1) is 0 Å². The normalized spacial score (nSPS) is 13.7. The Bertz CT molecular complexity index is 813. The second-order valence-electron chi connectivity index (χ2n) is 5.84. The molecule has 0 saturated carbocycles. The Morgan fingerprint density at radius 2 is 2.08 bits per heavy atom. The molecule has 1 aliphatic rings. The van der Waals surface area contributed by atoms with E-state index in [0.717, 1.165) is 31.4 Å². The lowest BCUT2D eigenvalue weighted by Crippen LogP contribution is -2.05. The summed E-state index contributed by atoms with van der Waals surface area (Å²) in [7, 11) is 0. The van der Waals surface area contributed by atoms with Crippen molar-refractivity contribution < 1.29 is 4.79 Å². The van der Waals surface area contributed by atoms with Crippen LogP contribution in [0, 0.1) is 11.3 Å². The van der Waals surface area contributed by atoms with Gasteiger partial charge in [-0.2, -0.15) is 5.26 Å². The molecule has 1 aliphatic carbocycles. The number of rotatable bonds is 4. The molecule has 0 spiro atoms. The monoisotopic (exact) mass is 356 g/mol. The standard InChI is InChI=1S/C19H17ClN2OS/c20-16-7-4-6-14(10-16)18(23)12-24-19-15(11-21)9-13-5-2-1-3-8-17(13)22-19/h4,6-7,9-10H,1-3,5,8,12H2. The zero-order chi connectivity index (χ0) is 16.9. The number of aromatic nitrogens is 1. The zero-order valence-corrected chi connectivity index (χ0v) is 14.8. The molecular weight excluding hydrogens is 340 g/mol. The Balaban J connectivity index is 1.78. The summed E-state index contributed by atoms with van der Waals surface area (Å²) < 4.78 is 0. The first kappa shape index (κ1) is 17.0. The maximum absolute atomic E-state index is 12.3. The summed E-state index contributed by atoms with van der Waals surface area (Å²) in [5.74, 6) is 0.240. The molecule has 24 heavy (non-hydrogen) atoms. The lowest BCUT2D eigenvalue weighted by molar-refractivity contribution is 0.102. The first-order valence-corrected chi connectivity index (χ1v) is 9.38. The van der Waals surface area contributed by atoms with E-state index in [0.29, 0.717) is 21.2 Å². The molecular formula is C19H17ClN2OS. The number of carbonyl (C=O) groups is 1. The smallest absolute Gasteiger partial charge is 0.173 e. The third-order valence-corrected chi connectivity index (χ3v) is 5.35. The molecule has 0 fully saturated rings. The predicted octanol–water partition coefficient (Wildman–Crippen LogP) is 4.85. The zero-order valence-electron chi connectivity index (χ0n) is 13.2. The summed E-state index contributed by atoms with van der Waals surface area (Å²) in [4.78, 5) is 17.0. The summed E-state index contributed by atoms with van der Waals surface area (Å²) in [6.07, 6.45) is 5.44. The summed E-state index contributed by atoms with van der Waals surface area (Å²) in [5.41, 5.74) is 3.43. The lowest BCUT2D eigenvalue weighted by atomic mass is 10.1. The number of nitrogens with zero attached hydrogens (tertiary/aromatic N) is 2. The van der Waals surface area contributed by atoms with Crippen LogP contribution in [0.3, 0.4) is 0 Å². The van der Waals surface area contributed by atoms with E-state index >= 15 is 0 Å². The SMILES string of the molecule is N#Cc1cc2c(nc1SCC(=O)c1cccc(Cl)c1)CCCCC2. The number of nitriles is 1. The number of thioether (sulfide) groups is 1. The molecule has 3 nitrogen and oxygen atoms in total. The average Bonchev–Trinajstić information content (AvgIpc) is 2.83. The highest BCUT2D eigenvalue weighted by molar-refractivity contribution is 8.00. The van der Waals surface area contributed by atoms with Gasteiger partial charge in [-0.05, 0) is 49.4 Å². The third kappa shape index (κ3) is 3.98. The number of hydrogen-bond donors (Lipinski definition) is 0. The van der Waals surface area contributed by atoms with Crippen LogP contribution in [-0.4, -0.2) is 16.5 Å². The predicted molar refractivity (Wildman–Crippen MR) is 96.7 cm³/mol. The highest BCUT2D eigenvalue weighted by Gasteiger charge is 2.16. The van der Waals surface area contributed by atoms with Gasteiger partial charge in [-0.1, -0.05) is 41.9 Å². The van der Waals surface area contributed by atoms with Crippen molar-refractivity contribution in [2.75, 3.05) is 5.75 Å². The van der Waals surface area contributed by atoms with E-state index < -0.39 is 0 Å². The summed E-state index contributed by atoms with van der Waals surface area (Å²) in [6, 6.07) is 11.1. The fourth-order valence-electron chi connectivity index (χ4n) is 2.86. The Labute approximate surface area is 151 Å². The quantitative estimate of drug-likeness (QED) is 0.446. The molecule has 0 saturated heterocycles. The molecule has 3 rings (SSSR count). The number of ketones is 1. The van der Waals surface area contributed by atoms with E-state index in [4.69, 9.17) is 11.6 Å². The number of hydrogen-bond acceptors (Lipinski definition) is 4. The van der Waals surface area contributed by atoms with Gasteiger partial charge < -0.3 is 0 Å². The van der Waals surface area contributed by atoms with Crippen LogP contribution < -0.4 is 0 Å². The van der Waals surface area contributed by atoms with Crippen LogP contribution in [0.4, 0.5) is 0 Å². The number of halogens is 1. The molecule has 0 aliphatic heterocycles. The van der Waals surface area contributed by atoms with Gasteiger partial charge in [-0.25, -0.2) is 4.98 Å². The van der Waals surface area contributed by atoms with Gasteiger partial charge in [0.05, 0.1) is 11.3 Å². The van der Waals surface area contributed by atoms with Crippen molar-refractivity contribution in [1.29, 1.82) is 5.26 Å². The number of fused-ring (bicyclic) bond motifs is 1. The number of benzene rings is 1. The number of carbonyl (C=O) groups excluding carboxylic acids is 1. The molecule has 0 bridgehead atoms. The van der Waals surface area contributed by atoms with Crippen molar-refractivity contribution in [2.45, 2.75) is 37.1 Å². The Morgan fingerprint density at radius 1 is 1.25 bits per heavy atom. The van der Waals surface area contributed by atoms with Gasteiger partial charge in [0.2, 0.25) is 0 Å². The molecule has 0 atom stereocenters. The highest BCUT2D eigenvalue weighted by atomic mass is 35.5. The number of Topliss-reactive ketones (excluding diaryl/α,β-unsaturated/α-hetero) is 1.